The van der Waals surface area contributed by atoms with Gasteiger partial charge in [-0.05, 0) is 18.6 Å². The molecule has 1 rings (SSSR count). The molecule has 0 bridgehead atoms. The lowest BCUT2D eigenvalue weighted by molar-refractivity contribution is 0.584. The molecule has 0 aliphatic rings. The second-order valence-electron chi connectivity index (χ2n) is 2.77. The monoisotopic (exact) mass is 235 g/mol. The maximum absolute atomic E-state index is 13.2. The minimum absolute atomic E-state index is 0. The fourth-order valence-corrected chi connectivity index (χ4v) is 1.47. The smallest absolute Gasteiger partial charge is 0.129 e. The average molecular weight is 236 g/mol. The number of nitrogens with two attached hydrogens (primary N) is 1. The van der Waals surface area contributed by atoms with Gasteiger partial charge in [-0.25, -0.2) is 4.39 Å². The second-order valence-corrected chi connectivity index (χ2v) is 3.17. The predicted molar refractivity (Wildman–Crippen MR) is 60.4 cm³/mol. The molecule has 1 nitrogen and oxygen atoms in total. The van der Waals surface area contributed by atoms with E-state index >= 15 is 0 Å². The third kappa shape index (κ3) is 2.98. The van der Waals surface area contributed by atoms with E-state index in [0.29, 0.717) is 17.0 Å². The van der Waals surface area contributed by atoms with Gasteiger partial charge in [0.05, 0.1) is 0 Å². The standard InChI is InChI=1S/C10H11ClFN.ClH/c1-2-4-9(13)10-7(11)5-3-6-8(10)12;/h2-3,5-6,9H,1,4,13H2;1H/t9-;/m0./s1. The van der Waals surface area contributed by atoms with Crippen LogP contribution < -0.4 is 5.73 Å². The zero-order valence-electron chi connectivity index (χ0n) is 7.54. The highest BCUT2D eigenvalue weighted by Gasteiger charge is 2.13. The van der Waals surface area contributed by atoms with Crippen molar-refractivity contribution in [2.45, 2.75) is 12.5 Å². The maximum atomic E-state index is 13.2. The summed E-state index contributed by atoms with van der Waals surface area (Å²) < 4.78 is 13.2. The molecule has 1 atom stereocenters. The van der Waals surface area contributed by atoms with Gasteiger partial charge in [-0.1, -0.05) is 23.7 Å². The highest BCUT2D eigenvalue weighted by molar-refractivity contribution is 6.31. The summed E-state index contributed by atoms with van der Waals surface area (Å²) in [6.07, 6.45) is 2.16. The first kappa shape index (κ1) is 13.4. The Balaban J connectivity index is 0.00000169. The zero-order valence-corrected chi connectivity index (χ0v) is 9.11. The lowest BCUT2D eigenvalue weighted by atomic mass is 10.0. The van der Waals surface area contributed by atoms with E-state index in [1.54, 1.807) is 18.2 Å². The van der Waals surface area contributed by atoms with E-state index in [0.717, 1.165) is 0 Å². The number of benzene rings is 1. The van der Waals surface area contributed by atoms with Gasteiger partial charge in [0, 0.05) is 16.6 Å². The Kier molecular flexibility index (Phi) is 5.77. The molecule has 0 amide bonds. The van der Waals surface area contributed by atoms with Crippen LogP contribution in [0, 0.1) is 5.82 Å². The van der Waals surface area contributed by atoms with E-state index in [-0.39, 0.29) is 18.2 Å². The van der Waals surface area contributed by atoms with E-state index in [9.17, 15) is 4.39 Å². The first-order chi connectivity index (χ1) is 6.16. The lowest BCUT2D eigenvalue weighted by Crippen LogP contribution is -2.11. The summed E-state index contributed by atoms with van der Waals surface area (Å²) in [4.78, 5) is 0. The molecule has 0 aliphatic carbocycles. The third-order valence-corrected chi connectivity index (χ3v) is 2.12. The second kappa shape index (κ2) is 6.02. The minimum Gasteiger partial charge on any atom is -0.324 e. The Morgan fingerprint density at radius 1 is 1.57 bits per heavy atom. The van der Waals surface area contributed by atoms with E-state index in [4.69, 9.17) is 17.3 Å². The van der Waals surface area contributed by atoms with Crippen molar-refractivity contribution in [1.29, 1.82) is 0 Å². The van der Waals surface area contributed by atoms with Crippen LogP contribution in [0.25, 0.3) is 0 Å². The van der Waals surface area contributed by atoms with Gasteiger partial charge in [0.15, 0.2) is 0 Å². The van der Waals surface area contributed by atoms with Crippen molar-refractivity contribution in [2.24, 2.45) is 5.73 Å². The largest absolute Gasteiger partial charge is 0.324 e. The first-order valence-electron chi connectivity index (χ1n) is 3.97. The van der Waals surface area contributed by atoms with Crippen LogP contribution in [0.4, 0.5) is 4.39 Å². The first-order valence-corrected chi connectivity index (χ1v) is 4.35. The molecule has 0 spiro atoms. The van der Waals surface area contributed by atoms with Crippen LogP contribution >= 0.6 is 24.0 Å². The summed E-state index contributed by atoms with van der Waals surface area (Å²) in [6.45, 7) is 3.54. The molecule has 1 aromatic carbocycles. The van der Waals surface area contributed by atoms with Crippen LogP contribution in [0.15, 0.2) is 30.9 Å². The molecule has 0 heterocycles. The topological polar surface area (TPSA) is 26.0 Å². The van der Waals surface area contributed by atoms with Gasteiger partial charge in [0.2, 0.25) is 0 Å². The molecule has 0 unspecified atom stereocenters. The van der Waals surface area contributed by atoms with Gasteiger partial charge < -0.3 is 5.73 Å². The van der Waals surface area contributed by atoms with Gasteiger partial charge in [-0.2, -0.15) is 0 Å². The maximum Gasteiger partial charge on any atom is 0.129 e. The molecule has 1 aromatic rings. The SMILES string of the molecule is C=CC[C@H](N)c1c(F)cccc1Cl.Cl. The van der Waals surface area contributed by atoms with Crippen molar-refractivity contribution in [3.63, 3.8) is 0 Å². The van der Waals surface area contributed by atoms with Crippen LogP contribution in [0.2, 0.25) is 5.02 Å². The molecule has 78 valence electrons. The molecule has 0 aromatic heterocycles. The number of hydrogen-bond donors (Lipinski definition) is 1. The van der Waals surface area contributed by atoms with Crippen molar-refractivity contribution in [3.8, 4) is 0 Å². The van der Waals surface area contributed by atoms with Crippen molar-refractivity contribution >= 4 is 24.0 Å². The Hall–Kier alpha value is -0.570. The number of halogens is 3. The van der Waals surface area contributed by atoms with Crippen LogP contribution in [0.1, 0.15) is 18.0 Å². The third-order valence-electron chi connectivity index (χ3n) is 1.79. The highest BCUT2D eigenvalue weighted by Crippen LogP contribution is 2.26. The number of hydrogen-bond acceptors (Lipinski definition) is 1. The summed E-state index contributed by atoms with van der Waals surface area (Å²) in [7, 11) is 0. The molecule has 14 heavy (non-hydrogen) atoms. The minimum atomic E-state index is -0.411. The molecule has 4 heteroatoms. The lowest BCUT2D eigenvalue weighted by Gasteiger charge is -2.11. The van der Waals surface area contributed by atoms with Crippen molar-refractivity contribution in [1.82, 2.24) is 0 Å². The van der Waals surface area contributed by atoms with Gasteiger partial charge in [0.25, 0.3) is 0 Å². The van der Waals surface area contributed by atoms with E-state index < -0.39 is 6.04 Å². The molecule has 0 radical (unpaired) electrons. The summed E-state index contributed by atoms with van der Waals surface area (Å²) in [6, 6.07) is 4.13. The van der Waals surface area contributed by atoms with E-state index in [1.165, 1.54) is 6.07 Å². The van der Waals surface area contributed by atoms with Crippen LogP contribution in [-0.2, 0) is 0 Å². The molecule has 0 fully saturated rings. The summed E-state index contributed by atoms with van der Waals surface area (Å²) in [5, 5.41) is 0.370. The van der Waals surface area contributed by atoms with Gasteiger partial charge >= 0.3 is 0 Å². The quantitative estimate of drug-likeness (QED) is 0.799. The van der Waals surface area contributed by atoms with Crippen molar-refractivity contribution in [3.05, 3.63) is 47.3 Å². The van der Waals surface area contributed by atoms with Crippen molar-refractivity contribution in [2.75, 3.05) is 0 Å². The summed E-state index contributed by atoms with van der Waals surface area (Å²) in [5.41, 5.74) is 6.08. The number of rotatable bonds is 3. The molecular weight excluding hydrogens is 224 g/mol. The zero-order chi connectivity index (χ0) is 9.84. The van der Waals surface area contributed by atoms with Crippen LogP contribution in [0.5, 0.6) is 0 Å². The van der Waals surface area contributed by atoms with E-state index in [1.807, 2.05) is 0 Å². The van der Waals surface area contributed by atoms with Crippen molar-refractivity contribution < 1.29 is 4.39 Å². The fourth-order valence-electron chi connectivity index (χ4n) is 1.16. The van der Waals surface area contributed by atoms with Crippen LogP contribution in [-0.4, -0.2) is 0 Å². The highest BCUT2D eigenvalue weighted by atomic mass is 35.5. The molecule has 0 saturated carbocycles. The van der Waals surface area contributed by atoms with Gasteiger partial charge in [-0.15, -0.1) is 19.0 Å². The van der Waals surface area contributed by atoms with Gasteiger partial charge in [-0.3, -0.25) is 0 Å². The molecule has 2 N–H and O–H groups in total. The Morgan fingerprint density at radius 2 is 2.21 bits per heavy atom. The molecular formula is C10H12Cl2FN. The Labute approximate surface area is 94.2 Å². The van der Waals surface area contributed by atoms with Crippen LogP contribution in [0.3, 0.4) is 0 Å². The average Bonchev–Trinajstić information content (AvgIpc) is 2.04. The van der Waals surface area contributed by atoms with E-state index in [2.05, 4.69) is 6.58 Å². The Morgan fingerprint density at radius 3 is 2.71 bits per heavy atom. The van der Waals surface area contributed by atoms with Gasteiger partial charge in [0.1, 0.15) is 5.82 Å². The fraction of sp³-hybridized carbons (Fsp3) is 0.200. The predicted octanol–water partition coefficient (Wildman–Crippen LogP) is 3.48. The normalized spacial score (nSPS) is 11.6. The Bertz CT molecular complexity index is 295. The molecule has 0 saturated heterocycles. The molecule has 0 aliphatic heterocycles. The summed E-state index contributed by atoms with van der Waals surface area (Å²) >= 11 is 5.81. The summed E-state index contributed by atoms with van der Waals surface area (Å²) in [5.74, 6) is -0.359.